The van der Waals surface area contributed by atoms with Crippen LogP contribution in [-0.2, 0) is 11.3 Å². The molecule has 2 aromatic rings. The van der Waals surface area contributed by atoms with Gasteiger partial charge in [-0.05, 0) is 25.1 Å². The van der Waals surface area contributed by atoms with Gasteiger partial charge in [0.15, 0.2) is 0 Å². The van der Waals surface area contributed by atoms with Gasteiger partial charge in [-0.25, -0.2) is 4.79 Å². The number of rotatable bonds is 4. The molecule has 5 nitrogen and oxygen atoms in total. The molecule has 1 heterocycles. The van der Waals surface area contributed by atoms with Crippen molar-refractivity contribution in [1.82, 2.24) is 0 Å². The van der Waals surface area contributed by atoms with Crippen LogP contribution in [0.15, 0.2) is 24.3 Å². The highest BCUT2D eigenvalue weighted by atomic mass is 35.5. The van der Waals surface area contributed by atoms with Crippen molar-refractivity contribution in [3.63, 3.8) is 0 Å². The highest BCUT2D eigenvalue weighted by Crippen LogP contribution is 2.25. The smallest absolute Gasteiger partial charge is 0.348 e. The molecule has 0 fully saturated rings. The average molecular weight is 325 g/mol. The van der Waals surface area contributed by atoms with E-state index in [-0.39, 0.29) is 6.61 Å². The van der Waals surface area contributed by atoms with E-state index in [1.165, 1.54) is 23.5 Å². The summed E-state index contributed by atoms with van der Waals surface area (Å²) in [5.74, 6) is -1.03. The second kappa shape index (κ2) is 6.15. The minimum Gasteiger partial charge on any atom is -0.457 e. The van der Waals surface area contributed by atoms with Gasteiger partial charge < -0.3 is 16.2 Å². The number of nitrogen functional groups attached to an aromatic ring is 1. The maximum atomic E-state index is 11.9. The molecule has 0 radical (unpaired) electrons. The number of halogens is 1. The standard InChI is InChI=1S/C14H13ClN2O3S/c1-7-11(16)5-12(21-7)14(19)20-6-9-3-2-8(13(17)18)4-10(9)15/h2-5H,6,16H2,1H3,(H2,17,18). The molecule has 0 aliphatic heterocycles. The fourth-order valence-electron chi connectivity index (χ4n) is 1.63. The van der Waals surface area contributed by atoms with E-state index < -0.39 is 11.9 Å². The quantitative estimate of drug-likeness (QED) is 0.845. The van der Waals surface area contributed by atoms with Gasteiger partial charge in [-0.15, -0.1) is 11.3 Å². The Balaban J connectivity index is 2.06. The Morgan fingerprint density at radius 2 is 2.05 bits per heavy atom. The number of aryl methyl sites for hydroxylation is 1. The highest BCUT2D eigenvalue weighted by molar-refractivity contribution is 7.14. The summed E-state index contributed by atoms with van der Waals surface area (Å²) < 4.78 is 5.18. The lowest BCUT2D eigenvalue weighted by molar-refractivity contribution is 0.0478. The Bertz CT molecular complexity index is 693. The number of hydrogen-bond donors (Lipinski definition) is 2. The van der Waals surface area contributed by atoms with Gasteiger partial charge in [-0.3, -0.25) is 4.79 Å². The number of esters is 1. The molecule has 0 saturated carbocycles. The first-order chi connectivity index (χ1) is 9.88. The molecule has 0 atom stereocenters. The molecule has 21 heavy (non-hydrogen) atoms. The van der Waals surface area contributed by atoms with Crippen LogP contribution in [0, 0.1) is 6.92 Å². The molecule has 2 rings (SSSR count). The fraction of sp³-hybridized carbons (Fsp3) is 0.143. The van der Waals surface area contributed by atoms with Gasteiger partial charge in [0, 0.05) is 26.7 Å². The Kier molecular flexibility index (Phi) is 4.50. The molecule has 1 aromatic carbocycles. The van der Waals surface area contributed by atoms with Crippen molar-refractivity contribution < 1.29 is 14.3 Å². The van der Waals surface area contributed by atoms with E-state index in [1.54, 1.807) is 12.1 Å². The van der Waals surface area contributed by atoms with Gasteiger partial charge in [0.1, 0.15) is 11.5 Å². The van der Waals surface area contributed by atoms with E-state index in [1.807, 2.05) is 6.92 Å². The molecule has 7 heteroatoms. The molecule has 110 valence electrons. The first kappa shape index (κ1) is 15.3. The second-order valence-corrected chi connectivity index (χ2v) is 6.03. The van der Waals surface area contributed by atoms with Crippen molar-refractivity contribution in [3.8, 4) is 0 Å². The molecule has 0 unspecified atom stereocenters. The lowest BCUT2D eigenvalue weighted by Gasteiger charge is -2.06. The summed E-state index contributed by atoms with van der Waals surface area (Å²) in [5.41, 5.74) is 12.3. The van der Waals surface area contributed by atoms with Crippen molar-refractivity contribution in [2.75, 3.05) is 5.73 Å². The summed E-state index contributed by atoms with van der Waals surface area (Å²) in [6, 6.07) is 6.16. The van der Waals surface area contributed by atoms with E-state index in [9.17, 15) is 9.59 Å². The first-order valence-electron chi connectivity index (χ1n) is 5.99. The van der Waals surface area contributed by atoms with Gasteiger partial charge >= 0.3 is 5.97 Å². The number of carbonyl (C=O) groups is 2. The number of hydrogen-bond acceptors (Lipinski definition) is 5. The predicted molar refractivity (Wildman–Crippen MR) is 82.6 cm³/mol. The van der Waals surface area contributed by atoms with Crippen LogP contribution in [0.4, 0.5) is 5.69 Å². The fourth-order valence-corrected chi connectivity index (χ4v) is 2.70. The summed E-state index contributed by atoms with van der Waals surface area (Å²) in [6.07, 6.45) is 0. The molecule has 0 aliphatic rings. The van der Waals surface area contributed by atoms with Gasteiger partial charge in [0.2, 0.25) is 5.91 Å². The maximum Gasteiger partial charge on any atom is 0.348 e. The van der Waals surface area contributed by atoms with E-state index in [0.29, 0.717) is 26.7 Å². The van der Waals surface area contributed by atoms with Crippen LogP contribution in [0.5, 0.6) is 0 Å². The molecule has 0 spiro atoms. The maximum absolute atomic E-state index is 11.9. The van der Waals surface area contributed by atoms with Crippen molar-refractivity contribution in [2.45, 2.75) is 13.5 Å². The molecule has 1 aromatic heterocycles. The summed E-state index contributed by atoms with van der Waals surface area (Å²) >= 11 is 7.29. The molecular weight excluding hydrogens is 312 g/mol. The number of benzene rings is 1. The first-order valence-corrected chi connectivity index (χ1v) is 7.19. The van der Waals surface area contributed by atoms with Crippen molar-refractivity contribution in [1.29, 1.82) is 0 Å². The molecule has 0 saturated heterocycles. The normalized spacial score (nSPS) is 10.4. The Hall–Kier alpha value is -2.05. The molecule has 4 N–H and O–H groups in total. The average Bonchev–Trinajstić information content (AvgIpc) is 2.77. The minimum absolute atomic E-state index is 0.00750. The summed E-state index contributed by atoms with van der Waals surface area (Å²) in [4.78, 5) is 24.2. The molecule has 1 amide bonds. The number of carbonyl (C=O) groups excluding carboxylic acids is 2. The second-order valence-electron chi connectivity index (χ2n) is 4.37. The number of thiophene rings is 1. The zero-order valence-electron chi connectivity index (χ0n) is 11.2. The lowest BCUT2D eigenvalue weighted by atomic mass is 10.1. The third kappa shape index (κ3) is 3.53. The van der Waals surface area contributed by atoms with Gasteiger partial charge in [0.05, 0.1) is 0 Å². The van der Waals surface area contributed by atoms with Gasteiger partial charge in [0.25, 0.3) is 0 Å². The Morgan fingerprint density at radius 1 is 1.33 bits per heavy atom. The topological polar surface area (TPSA) is 95.4 Å². The van der Waals surface area contributed by atoms with Gasteiger partial charge in [-0.1, -0.05) is 17.7 Å². The number of primary amides is 1. The zero-order valence-corrected chi connectivity index (χ0v) is 12.8. The Labute approximate surface area is 130 Å². The van der Waals surface area contributed by atoms with E-state index in [4.69, 9.17) is 27.8 Å². The predicted octanol–water partition coefficient (Wildman–Crippen LogP) is 2.75. The summed E-state index contributed by atoms with van der Waals surface area (Å²) in [7, 11) is 0. The van der Waals surface area contributed by atoms with Crippen LogP contribution in [-0.4, -0.2) is 11.9 Å². The van der Waals surface area contributed by atoms with Crippen LogP contribution < -0.4 is 11.5 Å². The van der Waals surface area contributed by atoms with E-state index in [0.717, 1.165) is 4.88 Å². The van der Waals surface area contributed by atoms with Gasteiger partial charge in [-0.2, -0.15) is 0 Å². The summed E-state index contributed by atoms with van der Waals surface area (Å²) in [5, 5.41) is 0.320. The van der Waals surface area contributed by atoms with Crippen molar-refractivity contribution >= 4 is 40.5 Å². The minimum atomic E-state index is -0.565. The van der Waals surface area contributed by atoms with Crippen LogP contribution >= 0.6 is 22.9 Å². The highest BCUT2D eigenvalue weighted by Gasteiger charge is 2.13. The molecular formula is C14H13ClN2O3S. The largest absolute Gasteiger partial charge is 0.457 e. The monoisotopic (exact) mass is 324 g/mol. The van der Waals surface area contributed by atoms with Crippen LogP contribution in [0.1, 0.15) is 30.5 Å². The Morgan fingerprint density at radius 3 is 2.57 bits per heavy atom. The van der Waals surface area contributed by atoms with Crippen molar-refractivity contribution in [3.05, 3.63) is 50.2 Å². The third-order valence-electron chi connectivity index (χ3n) is 2.85. The van der Waals surface area contributed by atoms with Crippen LogP contribution in [0.25, 0.3) is 0 Å². The summed E-state index contributed by atoms with van der Waals surface area (Å²) in [6.45, 7) is 1.84. The number of ether oxygens (including phenoxy) is 1. The number of nitrogens with two attached hydrogens (primary N) is 2. The number of anilines is 1. The van der Waals surface area contributed by atoms with Crippen LogP contribution in [0.2, 0.25) is 5.02 Å². The van der Waals surface area contributed by atoms with Crippen molar-refractivity contribution in [2.24, 2.45) is 5.73 Å². The zero-order chi connectivity index (χ0) is 15.6. The third-order valence-corrected chi connectivity index (χ3v) is 4.25. The lowest BCUT2D eigenvalue weighted by Crippen LogP contribution is -2.11. The van der Waals surface area contributed by atoms with Crippen LogP contribution in [0.3, 0.4) is 0 Å². The molecule has 0 aliphatic carbocycles. The van der Waals surface area contributed by atoms with E-state index in [2.05, 4.69) is 0 Å². The number of amides is 1. The van der Waals surface area contributed by atoms with E-state index >= 15 is 0 Å². The SMILES string of the molecule is Cc1sc(C(=O)OCc2ccc(C(N)=O)cc2Cl)cc1N. The molecule has 0 bridgehead atoms.